The van der Waals surface area contributed by atoms with Gasteiger partial charge in [-0.1, -0.05) is 0 Å². The van der Waals surface area contributed by atoms with Gasteiger partial charge in [0.05, 0.1) is 6.61 Å². The van der Waals surface area contributed by atoms with Crippen LogP contribution in [0.1, 0.15) is 25.5 Å². The number of benzene rings is 1. The molecule has 1 aromatic carbocycles. The van der Waals surface area contributed by atoms with Gasteiger partial charge in [-0.2, -0.15) is 0 Å². The summed E-state index contributed by atoms with van der Waals surface area (Å²) in [6.07, 6.45) is 0.834. The van der Waals surface area contributed by atoms with Gasteiger partial charge in [0.15, 0.2) is 5.82 Å². The van der Waals surface area contributed by atoms with Gasteiger partial charge in [0, 0.05) is 18.0 Å². The maximum Gasteiger partial charge on any atom is 0.273 e. The van der Waals surface area contributed by atoms with Crippen molar-refractivity contribution in [2.45, 2.75) is 31.5 Å². The molecule has 2 heterocycles. The highest BCUT2D eigenvalue weighted by atomic mass is 32.2. The quantitative estimate of drug-likeness (QED) is 0.915. The zero-order chi connectivity index (χ0) is 15.2. The highest BCUT2D eigenvalue weighted by Crippen LogP contribution is 2.31. The molecule has 0 saturated carbocycles. The molecule has 0 unspecified atom stereocenters. The zero-order valence-corrected chi connectivity index (χ0v) is 12.6. The summed E-state index contributed by atoms with van der Waals surface area (Å²) in [5, 5.41) is 12.7. The van der Waals surface area contributed by atoms with Crippen molar-refractivity contribution in [3.63, 3.8) is 0 Å². The van der Waals surface area contributed by atoms with Crippen LogP contribution in [0.2, 0.25) is 0 Å². The Bertz CT molecular complexity index is 796. The molecule has 7 nitrogen and oxygen atoms in total. The molecule has 0 atom stereocenters. The fourth-order valence-corrected chi connectivity index (χ4v) is 3.19. The van der Waals surface area contributed by atoms with Crippen molar-refractivity contribution in [2.75, 3.05) is 6.61 Å². The Balaban J connectivity index is 2.17. The maximum absolute atomic E-state index is 11.6. The molecule has 0 bridgehead atoms. The van der Waals surface area contributed by atoms with Gasteiger partial charge in [-0.05, 0) is 37.6 Å². The maximum atomic E-state index is 11.6. The first-order valence-electron chi connectivity index (χ1n) is 6.61. The molecule has 1 aliphatic heterocycles. The third kappa shape index (κ3) is 2.40. The van der Waals surface area contributed by atoms with Crippen molar-refractivity contribution < 1.29 is 13.2 Å². The summed E-state index contributed by atoms with van der Waals surface area (Å²) >= 11 is 0. The van der Waals surface area contributed by atoms with Gasteiger partial charge in [-0.3, -0.25) is 4.57 Å². The zero-order valence-electron chi connectivity index (χ0n) is 11.8. The normalized spacial score (nSPS) is 14.3. The van der Waals surface area contributed by atoms with E-state index in [0.29, 0.717) is 12.4 Å². The molecule has 0 aliphatic carbocycles. The van der Waals surface area contributed by atoms with Crippen molar-refractivity contribution >= 4 is 10.0 Å². The van der Waals surface area contributed by atoms with Gasteiger partial charge < -0.3 is 4.74 Å². The van der Waals surface area contributed by atoms with E-state index in [1.165, 1.54) is 4.57 Å². The van der Waals surface area contributed by atoms with Crippen LogP contribution in [0.25, 0.3) is 11.4 Å². The number of nitrogens with two attached hydrogens (primary N) is 1. The van der Waals surface area contributed by atoms with Crippen LogP contribution in [0, 0.1) is 0 Å². The van der Waals surface area contributed by atoms with Crippen LogP contribution in [0.15, 0.2) is 23.4 Å². The van der Waals surface area contributed by atoms with Crippen LogP contribution in [-0.4, -0.2) is 29.8 Å². The molecule has 2 aromatic rings. The molecule has 21 heavy (non-hydrogen) atoms. The fourth-order valence-electron chi connectivity index (χ4n) is 2.46. The number of nitrogens with zero attached hydrogens (tertiary/aromatic N) is 3. The van der Waals surface area contributed by atoms with Crippen LogP contribution < -0.4 is 9.88 Å². The summed E-state index contributed by atoms with van der Waals surface area (Å²) in [6.45, 7) is 4.38. The van der Waals surface area contributed by atoms with E-state index in [-0.39, 0.29) is 11.2 Å². The molecular formula is C13H16N4O3S. The van der Waals surface area contributed by atoms with Crippen LogP contribution >= 0.6 is 0 Å². The smallest absolute Gasteiger partial charge is 0.273 e. The molecule has 0 amide bonds. The number of rotatable bonds is 3. The van der Waals surface area contributed by atoms with Crippen LogP contribution in [0.3, 0.4) is 0 Å². The van der Waals surface area contributed by atoms with Crippen molar-refractivity contribution in [1.82, 2.24) is 14.8 Å². The third-order valence-electron chi connectivity index (χ3n) is 3.38. The Morgan fingerprint density at radius 3 is 2.76 bits per heavy atom. The second-order valence-corrected chi connectivity index (χ2v) is 6.69. The number of hydrogen-bond acceptors (Lipinski definition) is 5. The van der Waals surface area contributed by atoms with Gasteiger partial charge in [0.2, 0.25) is 0 Å². The van der Waals surface area contributed by atoms with Gasteiger partial charge in [-0.25, -0.2) is 13.6 Å². The lowest BCUT2D eigenvalue weighted by Crippen LogP contribution is -2.20. The first kappa shape index (κ1) is 14.0. The summed E-state index contributed by atoms with van der Waals surface area (Å²) < 4.78 is 30.3. The molecule has 112 valence electrons. The van der Waals surface area contributed by atoms with Gasteiger partial charge in [0.1, 0.15) is 5.75 Å². The van der Waals surface area contributed by atoms with Crippen molar-refractivity contribution in [3.05, 3.63) is 23.8 Å². The summed E-state index contributed by atoms with van der Waals surface area (Å²) in [5.41, 5.74) is 1.89. The number of fused-ring (bicyclic) bond motifs is 1. The Morgan fingerprint density at radius 1 is 1.33 bits per heavy atom. The van der Waals surface area contributed by atoms with E-state index < -0.39 is 10.0 Å². The van der Waals surface area contributed by atoms with E-state index in [1.54, 1.807) is 0 Å². The molecule has 0 fully saturated rings. The first-order chi connectivity index (χ1) is 9.88. The molecule has 1 aliphatic rings. The fraction of sp³-hybridized carbons (Fsp3) is 0.385. The Hall–Kier alpha value is -1.93. The number of primary sulfonamides is 1. The SMILES string of the molecule is CC(C)n1c(-c2ccc3c(c2)CCO3)nnc1S(N)(=O)=O. The van der Waals surface area contributed by atoms with E-state index in [2.05, 4.69) is 10.2 Å². The molecule has 0 saturated heterocycles. The predicted molar refractivity (Wildman–Crippen MR) is 76.4 cm³/mol. The number of aromatic nitrogens is 3. The van der Waals surface area contributed by atoms with E-state index in [0.717, 1.165) is 23.3 Å². The molecule has 0 radical (unpaired) electrons. The molecule has 3 rings (SSSR count). The molecule has 8 heteroatoms. The monoisotopic (exact) mass is 308 g/mol. The van der Waals surface area contributed by atoms with E-state index in [4.69, 9.17) is 9.88 Å². The second-order valence-electron chi connectivity index (χ2n) is 5.24. The predicted octanol–water partition coefficient (Wildman–Crippen LogP) is 1.11. The highest BCUT2D eigenvalue weighted by Gasteiger charge is 2.24. The highest BCUT2D eigenvalue weighted by molar-refractivity contribution is 7.89. The lowest BCUT2D eigenvalue weighted by molar-refractivity contribution is 0.357. The minimum absolute atomic E-state index is 0.132. The van der Waals surface area contributed by atoms with Crippen LogP contribution in [-0.2, 0) is 16.4 Å². The minimum atomic E-state index is -3.91. The lowest BCUT2D eigenvalue weighted by Gasteiger charge is -2.13. The van der Waals surface area contributed by atoms with Gasteiger partial charge >= 0.3 is 0 Å². The molecule has 1 aromatic heterocycles. The van der Waals surface area contributed by atoms with Crippen molar-refractivity contribution in [1.29, 1.82) is 0 Å². The summed E-state index contributed by atoms with van der Waals surface area (Å²) in [6, 6.07) is 5.54. The Labute approximate surface area is 122 Å². The van der Waals surface area contributed by atoms with Crippen LogP contribution in [0.4, 0.5) is 0 Å². The van der Waals surface area contributed by atoms with Crippen molar-refractivity contribution in [2.24, 2.45) is 5.14 Å². The summed E-state index contributed by atoms with van der Waals surface area (Å²) in [5.74, 6) is 1.35. The summed E-state index contributed by atoms with van der Waals surface area (Å²) in [4.78, 5) is 0. The van der Waals surface area contributed by atoms with Crippen LogP contribution in [0.5, 0.6) is 5.75 Å². The molecular weight excluding hydrogens is 292 g/mol. The number of ether oxygens (including phenoxy) is 1. The van der Waals surface area contributed by atoms with Crippen molar-refractivity contribution in [3.8, 4) is 17.1 Å². The summed E-state index contributed by atoms with van der Waals surface area (Å²) in [7, 11) is -3.91. The van der Waals surface area contributed by atoms with E-state index in [1.807, 2.05) is 32.0 Å². The second kappa shape index (κ2) is 4.81. The first-order valence-corrected chi connectivity index (χ1v) is 8.16. The standard InChI is InChI=1S/C13H16N4O3S/c1-8(2)17-12(15-16-13(17)21(14,18)19)10-3-4-11-9(7-10)5-6-20-11/h3-4,7-8H,5-6H2,1-2H3,(H2,14,18,19). The molecule has 0 spiro atoms. The number of sulfonamides is 1. The van der Waals surface area contributed by atoms with Gasteiger partial charge in [0.25, 0.3) is 15.2 Å². The third-order valence-corrected chi connectivity index (χ3v) is 4.17. The Morgan fingerprint density at radius 2 is 2.10 bits per heavy atom. The van der Waals surface area contributed by atoms with Gasteiger partial charge in [-0.15, -0.1) is 10.2 Å². The lowest BCUT2D eigenvalue weighted by atomic mass is 10.1. The minimum Gasteiger partial charge on any atom is -0.493 e. The van der Waals surface area contributed by atoms with E-state index >= 15 is 0 Å². The largest absolute Gasteiger partial charge is 0.493 e. The van der Waals surface area contributed by atoms with E-state index in [9.17, 15) is 8.42 Å². The Kier molecular flexibility index (Phi) is 3.22. The average molecular weight is 308 g/mol. The topological polar surface area (TPSA) is 100 Å². The number of hydrogen-bond donors (Lipinski definition) is 1. The average Bonchev–Trinajstić information content (AvgIpc) is 3.03. The molecule has 2 N–H and O–H groups in total.